The first-order valence-electron chi connectivity index (χ1n) is 8.77. The van der Waals surface area contributed by atoms with E-state index in [0.29, 0.717) is 37.7 Å². The van der Waals surface area contributed by atoms with E-state index in [0.717, 1.165) is 11.3 Å². The van der Waals surface area contributed by atoms with E-state index < -0.39 is 5.97 Å². The maximum atomic E-state index is 12.8. The number of nitrogens with one attached hydrogen (secondary N) is 1. The van der Waals surface area contributed by atoms with Gasteiger partial charge in [-0.1, -0.05) is 18.2 Å². The third-order valence-corrected chi connectivity index (χ3v) is 4.65. The molecule has 0 spiro atoms. The predicted molar refractivity (Wildman–Crippen MR) is 105 cm³/mol. The Morgan fingerprint density at radius 1 is 1.30 bits per heavy atom. The Hall–Kier alpha value is -2.45. The summed E-state index contributed by atoms with van der Waals surface area (Å²) in [6.45, 7) is 5.37. The third kappa shape index (κ3) is 6.33. The van der Waals surface area contributed by atoms with Crippen molar-refractivity contribution in [3.05, 3.63) is 45.9 Å². The van der Waals surface area contributed by atoms with Crippen LogP contribution in [0.1, 0.15) is 34.4 Å². The van der Waals surface area contributed by atoms with E-state index in [2.05, 4.69) is 10.3 Å². The fourth-order valence-corrected chi connectivity index (χ4v) is 3.18. The Morgan fingerprint density at radius 3 is 2.78 bits per heavy atom. The van der Waals surface area contributed by atoms with Gasteiger partial charge in [-0.2, -0.15) is 0 Å². The number of para-hydroxylation sites is 1. The number of anilines is 1. The molecule has 2 amide bonds. The molecule has 0 aliphatic heterocycles. The van der Waals surface area contributed by atoms with Crippen molar-refractivity contribution < 1.29 is 19.1 Å². The van der Waals surface area contributed by atoms with Crippen LogP contribution in [0.5, 0.6) is 0 Å². The van der Waals surface area contributed by atoms with Gasteiger partial charge in [0, 0.05) is 31.3 Å². The molecule has 1 N–H and O–H groups in total. The van der Waals surface area contributed by atoms with Crippen LogP contribution in [0.15, 0.2) is 29.6 Å². The average molecular weight is 391 g/mol. The van der Waals surface area contributed by atoms with Crippen molar-refractivity contribution in [1.82, 2.24) is 9.88 Å². The highest BCUT2D eigenvalue weighted by Gasteiger charge is 2.18. The molecule has 1 aromatic heterocycles. The number of hydrogen-bond acceptors (Lipinski definition) is 6. The van der Waals surface area contributed by atoms with Gasteiger partial charge in [-0.25, -0.2) is 14.6 Å². The van der Waals surface area contributed by atoms with Crippen LogP contribution in [0.2, 0.25) is 0 Å². The SMILES string of the molecule is CCOC(=O)c1csc(CN(CCCOC)C(=O)Nc2ccccc2C)n1. The molecule has 0 bridgehead atoms. The molecule has 2 rings (SSSR count). The minimum Gasteiger partial charge on any atom is -0.461 e. The summed E-state index contributed by atoms with van der Waals surface area (Å²) in [6.07, 6.45) is 0.702. The molecule has 0 aliphatic rings. The second-order valence-corrected chi connectivity index (χ2v) is 6.80. The lowest BCUT2D eigenvalue weighted by molar-refractivity contribution is 0.0520. The van der Waals surface area contributed by atoms with Crippen molar-refractivity contribution >= 4 is 29.0 Å². The normalized spacial score (nSPS) is 10.5. The van der Waals surface area contributed by atoms with Crippen LogP contribution in [0.25, 0.3) is 0 Å². The number of thiazole rings is 1. The van der Waals surface area contributed by atoms with Crippen LogP contribution in [-0.2, 0) is 16.0 Å². The summed E-state index contributed by atoms with van der Waals surface area (Å²) in [5.74, 6) is -0.449. The molecule has 0 atom stereocenters. The molecule has 2 aromatic rings. The topological polar surface area (TPSA) is 80.8 Å². The van der Waals surface area contributed by atoms with Crippen molar-refractivity contribution in [2.24, 2.45) is 0 Å². The van der Waals surface area contributed by atoms with Gasteiger partial charge in [-0.05, 0) is 31.9 Å². The van der Waals surface area contributed by atoms with Crippen LogP contribution in [0.4, 0.5) is 10.5 Å². The van der Waals surface area contributed by atoms with Crippen molar-refractivity contribution in [1.29, 1.82) is 0 Å². The predicted octanol–water partition coefficient (Wildman–Crippen LogP) is 3.70. The molecule has 0 saturated carbocycles. The molecule has 146 valence electrons. The van der Waals surface area contributed by atoms with Gasteiger partial charge in [-0.15, -0.1) is 11.3 Å². The standard InChI is InChI=1S/C19H25N3O4S/c1-4-26-18(23)16-13-27-17(20-16)12-22(10-7-11-25-3)19(24)21-15-9-6-5-8-14(15)2/h5-6,8-9,13H,4,7,10-12H2,1-3H3,(H,21,24). The van der Waals surface area contributed by atoms with E-state index in [-0.39, 0.29) is 11.7 Å². The monoisotopic (exact) mass is 391 g/mol. The number of carbonyl (C=O) groups is 2. The number of aryl methyl sites for hydroxylation is 1. The van der Waals surface area contributed by atoms with Crippen LogP contribution in [0, 0.1) is 6.92 Å². The molecule has 7 nitrogen and oxygen atoms in total. The minimum atomic E-state index is -0.449. The van der Waals surface area contributed by atoms with Crippen molar-refractivity contribution in [2.45, 2.75) is 26.8 Å². The molecular formula is C19H25N3O4S. The summed E-state index contributed by atoms with van der Waals surface area (Å²) in [7, 11) is 1.63. The molecule has 0 radical (unpaired) electrons. The maximum absolute atomic E-state index is 12.8. The maximum Gasteiger partial charge on any atom is 0.357 e. The van der Waals surface area contributed by atoms with Gasteiger partial charge < -0.3 is 19.7 Å². The van der Waals surface area contributed by atoms with Crippen LogP contribution in [0.3, 0.4) is 0 Å². The first-order chi connectivity index (χ1) is 13.0. The second kappa shape index (κ2) is 10.6. The summed E-state index contributed by atoms with van der Waals surface area (Å²) in [5.41, 5.74) is 2.03. The Morgan fingerprint density at radius 2 is 2.07 bits per heavy atom. The molecule has 1 heterocycles. The van der Waals surface area contributed by atoms with Crippen LogP contribution >= 0.6 is 11.3 Å². The minimum absolute atomic E-state index is 0.215. The zero-order valence-corrected chi connectivity index (χ0v) is 16.7. The lowest BCUT2D eigenvalue weighted by Crippen LogP contribution is -2.35. The van der Waals surface area contributed by atoms with E-state index in [9.17, 15) is 9.59 Å². The van der Waals surface area contributed by atoms with Gasteiger partial charge in [0.2, 0.25) is 0 Å². The largest absolute Gasteiger partial charge is 0.461 e. The molecular weight excluding hydrogens is 366 g/mol. The first-order valence-corrected chi connectivity index (χ1v) is 9.65. The number of benzene rings is 1. The average Bonchev–Trinajstić information content (AvgIpc) is 3.12. The fourth-order valence-electron chi connectivity index (χ4n) is 2.41. The van der Waals surface area contributed by atoms with Gasteiger partial charge in [0.15, 0.2) is 5.69 Å². The number of aromatic nitrogens is 1. The fraction of sp³-hybridized carbons (Fsp3) is 0.421. The van der Waals surface area contributed by atoms with Crippen LogP contribution < -0.4 is 5.32 Å². The lowest BCUT2D eigenvalue weighted by atomic mass is 10.2. The lowest BCUT2D eigenvalue weighted by Gasteiger charge is -2.22. The number of hydrogen-bond donors (Lipinski definition) is 1. The molecule has 0 unspecified atom stereocenters. The van der Waals surface area contributed by atoms with Crippen molar-refractivity contribution in [3.8, 4) is 0 Å². The van der Waals surface area contributed by atoms with Gasteiger partial charge in [0.1, 0.15) is 5.01 Å². The Labute approximate surface area is 163 Å². The number of carbonyl (C=O) groups excluding carboxylic acids is 2. The Balaban J connectivity index is 2.08. The zero-order valence-electron chi connectivity index (χ0n) is 15.9. The highest BCUT2D eigenvalue weighted by molar-refractivity contribution is 7.09. The van der Waals surface area contributed by atoms with E-state index >= 15 is 0 Å². The second-order valence-electron chi connectivity index (χ2n) is 5.86. The summed E-state index contributed by atoms with van der Waals surface area (Å²) in [6, 6.07) is 7.39. The van der Waals surface area contributed by atoms with Crippen molar-refractivity contribution in [2.75, 3.05) is 32.2 Å². The Bertz CT molecular complexity index is 763. The van der Waals surface area contributed by atoms with E-state index in [1.54, 1.807) is 24.3 Å². The highest BCUT2D eigenvalue weighted by Crippen LogP contribution is 2.17. The summed E-state index contributed by atoms with van der Waals surface area (Å²) >= 11 is 1.33. The van der Waals surface area contributed by atoms with Crippen LogP contribution in [-0.4, -0.2) is 48.8 Å². The molecule has 27 heavy (non-hydrogen) atoms. The smallest absolute Gasteiger partial charge is 0.357 e. The first kappa shape index (κ1) is 20.9. The number of esters is 1. The van der Waals surface area contributed by atoms with Gasteiger partial charge in [0.05, 0.1) is 13.2 Å². The number of nitrogens with zero attached hydrogens (tertiary/aromatic N) is 2. The third-order valence-electron chi connectivity index (χ3n) is 3.81. The number of amides is 2. The molecule has 0 fully saturated rings. The van der Waals surface area contributed by atoms with Crippen molar-refractivity contribution in [3.63, 3.8) is 0 Å². The summed E-state index contributed by atoms with van der Waals surface area (Å²) in [4.78, 5) is 30.5. The molecule has 8 heteroatoms. The quantitative estimate of drug-likeness (QED) is 0.521. The summed E-state index contributed by atoms with van der Waals surface area (Å²) in [5, 5.41) is 5.27. The van der Waals surface area contributed by atoms with Gasteiger partial charge in [-0.3, -0.25) is 0 Å². The molecule has 0 saturated heterocycles. The Kier molecular flexibility index (Phi) is 8.22. The number of ether oxygens (including phenoxy) is 2. The number of methoxy groups -OCH3 is 1. The van der Waals surface area contributed by atoms with E-state index in [4.69, 9.17) is 9.47 Å². The van der Waals surface area contributed by atoms with E-state index in [1.165, 1.54) is 11.3 Å². The van der Waals surface area contributed by atoms with E-state index in [1.807, 2.05) is 31.2 Å². The zero-order chi connectivity index (χ0) is 19.6. The molecule has 1 aromatic carbocycles. The number of rotatable bonds is 9. The number of urea groups is 1. The molecule has 0 aliphatic carbocycles. The highest BCUT2D eigenvalue weighted by atomic mass is 32.1. The van der Waals surface area contributed by atoms with Gasteiger partial charge in [0.25, 0.3) is 0 Å². The van der Waals surface area contributed by atoms with Gasteiger partial charge >= 0.3 is 12.0 Å². The summed E-state index contributed by atoms with van der Waals surface area (Å²) < 4.78 is 10.1.